The average Bonchev–Trinajstić information content (AvgIpc) is 3.02. The van der Waals surface area contributed by atoms with Crippen molar-refractivity contribution in [2.75, 3.05) is 46.9 Å². The third kappa shape index (κ3) is 15.2. The Kier molecular flexibility index (Phi) is 20.5. The van der Waals surface area contributed by atoms with Crippen molar-refractivity contribution in [1.82, 2.24) is 20.0 Å². The van der Waals surface area contributed by atoms with Gasteiger partial charge < -0.3 is 24.8 Å². The number of nitrogens with zero attached hydrogens (tertiary/aromatic N) is 3. The van der Waals surface area contributed by atoms with Gasteiger partial charge in [0.25, 0.3) is 6.47 Å². The number of nitrogens with one attached hydrogen (secondary N) is 1. The SMILES string of the molecule is CC(C)C.CC[C@H](C(=O)NCC(=O)N(C)[C@H](CN(CC(=O)N1CCCCC1)C(C)=O)C(C)C)C(C)(C)c1ccccc1.COC=O. The Hall–Kier alpha value is -3.43. The number of carbonyl (C=O) groups excluding carboxylic acids is 5. The molecule has 1 N–H and O–H groups in total. The third-order valence-corrected chi connectivity index (χ3v) is 8.17. The summed E-state index contributed by atoms with van der Waals surface area (Å²) in [6.07, 6.45) is 3.75. The highest BCUT2D eigenvalue weighted by Gasteiger charge is 2.36. The Bertz CT molecular complexity index is 1050. The van der Waals surface area contributed by atoms with Gasteiger partial charge in [-0.3, -0.25) is 24.0 Å². The lowest BCUT2D eigenvalue weighted by atomic mass is 9.71. The standard InChI is InChI=1S/C30H48N4O4.C4H10.C2H4O2/c1-8-25(30(5,6)24-15-11-9-12-16-24)29(38)31-19-27(36)32(7)26(22(2)3)20-34(23(4)35)21-28(37)33-17-13-10-14-18-33;1-4(2)3;1-4-2-3/h9,11-12,15-16,22,25-26H,8,10,13-14,17-21H2,1-7H3,(H,31,38);4H,1-3H3;2H,1H3/t25-,26-;;/m1../s1. The molecule has 1 aliphatic heterocycles. The van der Waals surface area contributed by atoms with Gasteiger partial charge >= 0.3 is 0 Å². The number of hydrogen-bond acceptors (Lipinski definition) is 6. The van der Waals surface area contributed by atoms with Gasteiger partial charge in [0.05, 0.1) is 26.2 Å². The summed E-state index contributed by atoms with van der Waals surface area (Å²) < 4.78 is 3.86. The number of ether oxygens (including phenoxy) is 1. The lowest BCUT2D eigenvalue weighted by molar-refractivity contribution is -0.142. The van der Waals surface area contributed by atoms with Crippen LogP contribution in [0.3, 0.4) is 0 Å². The molecule has 0 unspecified atom stereocenters. The zero-order valence-electron chi connectivity index (χ0n) is 30.4. The highest BCUT2D eigenvalue weighted by atomic mass is 16.5. The number of likely N-dealkylation sites (tertiary alicyclic amines) is 1. The molecule has 0 radical (unpaired) electrons. The Morgan fingerprint density at radius 3 is 1.96 bits per heavy atom. The first-order valence-corrected chi connectivity index (χ1v) is 16.6. The van der Waals surface area contributed by atoms with Crippen LogP contribution in [-0.4, -0.2) is 97.7 Å². The van der Waals surface area contributed by atoms with Gasteiger partial charge in [-0.25, -0.2) is 0 Å². The van der Waals surface area contributed by atoms with Gasteiger partial charge in [-0.15, -0.1) is 0 Å². The van der Waals surface area contributed by atoms with E-state index in [0.29, 0.717) is 12.9 Å². The number of rotatable bonds is 13. The topological polar surface area (TPSA) is 116 Å². The van der Waals surface area contributed by atoms with Crippen molar-refractivity contribution in [3.63, 3.8) is 0 Å². The molecular weight excluding hydrogens is 584 g/mol. The Morgan fingerprint density at radius 2 is 1.52 bits per heavy atom. The molecule has 1 fully saturated rings. The molecule has 1 aromatic rings. The summed E-state index contributed by atoms with van der Waals surface area (Å²) in [4.78, 5) is 65.6. The Morgan fingerprint density at radius 1 is 1.00 bits per heavy atom. The number of benzene rings is 1. The van der Waals surface area contributed by atoms with E-state index in [1.165, 1.54) is 14.0 Å². The fourth-order valence-corrected chi connectivity index (χ4v) is 5.41. The summed E-state index contributed by atoms with van der Waals surface area (Å²) in [5.74, 6) is -0.0266. The van der Waals surface area contributed by atoms with Crippen LogP contribution in [0.5, 0.6) is 0 Å². The lowest BCUT2D eigenvalue weighted by Crippen LogP contribution is -2.53. The smallest absolute Gasteiger partial charge is 0.292 e. The molecule has 2 atom stereocenters. The molecule has 262 valence electrons. The Labute approximate surface area is 278 Å². The maximum Gasteiger partial charge on any atom is 0.292 e. The second kappa shape index (κ2) is 22.2. The van der Waals surface area contributed by atoms with Crippen molar-refractivity contribution in [3.05, 3.63) is 35.9 Å². The number of hydrogen-bond donors (Lipinski definition) is 1. The van der Waals surface area contributed by atoms with Crippen molar-refractivity contribution >= 4 is 30.1 Å². The van der Waals surface area contributed by atoms with Gasteiger partial charge in [-0.1, -0.05) is 85.7 Å². The van der Waals surface area contributed by atoms with E-state index in [4.69, 9.17) is 4.79 Å². The van der Waals surface area contributed by atoms with E-state index < -0.39 is 5.41 Å². The number of amides is 4. The van der Waals surface area contributed by atoms with Crippen LogP contribution in [0.4, 0.5) is 0 Å². The molecule has 2 rings (SSSR count). The van der Waals surface area contributed by atoms with Crippen molar-refractivity contribution in [2.45, 2.75) is 99.5 Å². The highest BCUT2D eigenvalue weighted by Crippen LogP contribution is 2.33. The monoisotopic (exact) mass is 646 g/mol. The molecular formula is C36H62N4O6. The molecule has 0 aliphatic carbocycles. The molecule has 10 heteroatoms. The van der Waals surface area contributed by atoms with Crippen LogP contribution in [0.2, 0.25) is 0 Å². The molecule has 0 bridgehead atoms. The Balaban J connectivity index is 0.00000226. The molecule has 0 saturated carbocycles. The van der Waals surface area contributed by atoms with E-state index >= 15 is 0 Å². The third-order valence-electron chi connectivity index (χ3n) is 8.17. The fraction of sp³-hybridized carbons (Fsp3) is 0.694. The summed E-state index contributed by atoms with van der Waals surface area (Å²) in [7, 11) is 3.02. The van der Waals surface area contributed by atoms with Crippen molar-refractivity contribution in [3.8, 4) is 0 Å². The van der Waals surface area contributed by atoms with Crippen LogP contribution in [-0.2, 0) is 34.1 Å². The highest BCUT2D eigenvalue weighted by molar-refractivity contribution is 5.87. The van der Waals surface area contributed by atoms with Gasteiger partial charge in [-0.05, 0) is 43.1 Å². The first kappa shape index (κ1) is 42.6. The molecule has 0 spiro atoms. The van der Waals surface area contributed by atoms with E-state index in [1.54, 1.807) is 16.8 Å². The zero-order chi connectivity index (χ0) is 35.4. The van der Waals surface area contributed by atoms with E-state index in [2.05, 4.69) is 44.7 Å². The predicted molar refractivity (Wildman–Crippen MR) is 184 cm³/mol. The summed E-state index contributed by atoms with van der Waals surface area (Å²) in [5, 5.41) is 2.86. The molecule has 0 aromatic heterocycles. The first-order valence-electron chi connectivity index (χ1n) is 16.6. The molecule has 1 heterocycles. The minimum absolute atomic E-state index is 0.0179. The van der Waals surface area contributed by atoms with Crippen molar-refractivity contribution in [2.24, 2.45) is 17.8 Å². The largest absolute Gasteiger partial charge is 0.471 e. The predicted octanol–water partition coefficient (Wildman–Crippen LogP) is 4.90. The summed E-state index contributed by atoms with van der Waals surface area (Å²) in [5.41, 5.74) is 0.687. The number of likely N-dealkylation sites (N-methyl/N-ethyl adjacent to an activating group) is 1. The summed E-state index contributed by atoms with van der Waals surface area (Å²) >= 11 is 0. The van der Waals surface area contributed by atoms with Gasteiger partial charge in [0.1, 0.15) is 0 Å². The normalized spacial score (nSPS) is 14.1. The maximum atomic E-state index is 13.2. The van der Waals surface area contributed by atoms with E-state index in [1.807, 2.05) is 56.0 Å². The number of methoxy groups -OCH3 is 1. The van der Waals surface area contributed by atoms with Gasteiger partial charge in [0, 0.05) is 44.9 Å². The van der Waals surface area contributed by atoms with Gasteiger partial charge in [0.2, 0.25) is 23.6 Å². The zero-order valence-corrected chi connectivity index (χ0v) is 30.4. The number of piperidine rings is 1. The second-order valence-electron chi connectivity index (χ2n) is 13.5. The minimum atomic E-state index is -0.390. The summed E-state index contributed by atoms with van der Waals surface area (Å²) in [6, 6.07) is 9.66. The molecule has 4 amide bonds. The molecule has 1 aromatic carbocycles. The van der Waals surface area contributed by atoms with Gasteiger partial charge in [-0.2, -0.15) is 0 Å². The minimum Gasteiger partial charge on any atom is -0.471 e. The lowest BCUT2D eigenvalue weighted by Gasteiger charge is -2.37. The van der Waals surface area contributed by atoms with E-state index in [9.17, 15) is 19.2 Å². The van der Waals surface area contributed by atoms with Crippen LogP contribution in [0.15, 0.2) is 30.3 Å². The fourth-order valence-electron chi connectivity index (χ4n) is 5.41. The number of carbonyl (C=O) groups is 5. The molecule has 10 nitrogen and oxygen atoms in total. The van der Waals surface area contributed by atoms with Gasteiger partial charge in [0.15, 0.2) is 0 Å². The van der Waals surface area contributed by atoms with Crippen LogP contribution in [0, 0.1) is 17.8 Å². The van der Waals surface area contributed by atoms with Crippen LogP contribution in [0.25, 0.3) is 0 Å². The van der Waals surface area contributed by atoms with E-state index in [-0.39, 0.29) is 61.1 Å². The van der Waals surface area contributed by atoms with Crippen LogP contribution >= 0.6 is 0 Å². The molecule has 46 heavy (non-hydrogen) atoms. The van der Waals surface area contributed by atoms with E-state index in [0.717, 1.165) is 43.8 Å². The van der Waals surface area contributed by atoms with Crippen LogP contribution < -0.4 is 5.32 Å². The quantitative estimate of drug-likeness (QED) is 0.305. The average molecular weight is 647 g/mol. The molecule has 1 saturated heterocycles. The van der Waals surface area contributed by atoms with Crippen molar-refractivity contribution in [1.29, 1.82) is 0 Å². The maximum absolute atomic E-state index is 13.2. The van der Waals surface area contributed by atoms with Crippen molar-refractivity contribution < 1.29 is 28.7 Å². The van der Waals surface area contributed by atoms with Crippen LogP contribution in [0.1, 0.15) is 93.6 Å². The summed E-state index contributed by atoms with van der Waals surface area (Å²) in [6.45, 7) is 20.0. The molecule has 1 aliphatic rings. The second-order valence-corrected chi connectivity index (χ2v) is 13.5. The first-order chi connectivity index (χ1) is 21.5.